The van der Waals surface area contributed by atoms with Crippen molar-refractivity contribution in [2.75, 3.05) is 25.1 Å². The van der Waals surface area contributed by atoms with Gasteiger partial charge in [0.15, 0.2) is 0 Å². The quantitative estimate of drug-likeness (QED) is 0.291. The predicted octanol–water partition coefficient (Wildman–Crippen LogP) is 5.07. The summed E-state index contributed by atoms with van der Waals surface area (Å²) in [5.74, 6) is 0.327. The highest BCUT2D eigenvalue weighted by Gasteiger charge is 2.34. The second-order valence-corrected chi connectivity index (χ2v) is 12.7. The lowest BCUT2D eigenvalue weighted by Gasteiger charge is -2.34. The van der Waals surface area contributed by atoms with Crippen molar-refractivity contribution >= 4 is 27.5 Å². The van der Waals surface area contributed by atoms with Crippen molar-refractivity contribution < 1.29 is 27.5 Å². The van der Waals surface area contributed by atoms with Crippen LogP contribution in [0.25, 0.3) is 0 Å². The number of aryl methyl sites for hydroxylation is 1. The summed E-state index contributed by atoms with van der Waals surface area (Å²) in [4.78, 5) is 29.4. The van der Waals surface area contributed by atoms with Crippen molar-refractivity contribution in [3.05, 3.63) is 83.9 Å². The lowest BCUT2D eigenvalue weighted by atomic mass is 10.1. The number of nitrogens with one attached hydrogen (secondary N) is 1. The summed E-state index contributed by atoms with van der Waals surface area (Å²) in [6.45, 7) is 3.31. The third-order valence-corrected chi connectivity index (χ3v) is 9.59. The topological polar surface area (TPSA) is 105 Å². The van der Waals surface area contributed by atoms with Gasteiger partial charge in [-0.25, -0.2) is 8.42 Å². The summed E-state index contributed by atoms with van der Waals surface area (Å²) >= 11 is 0. The molecule has 0 heterocycles. The van der Waals surface area contributed by atoms with Crippen LogP contribution in [-0.2, 0) is 26.2 Å². The molecule has 10 heteroatoms. The van der Waals surface area contributed by atoms with Gasteiger partial charge in [-0.15, -0.1) is 0 Å². The van der Waals surface area contributed by atoms with Gasteiger partial charge in [0.1, 0.15) is 24.1 Å². The maximum absolute atomic E-state index is 14.3. The van der Waals surface area contributed by atoms with Crippen LogP contribution in [0.2, 0.25) is 0 Å². The van der Waals surface area contributed by atoms with Gasteiger partial charge in [0.25, 0.3) is 10.0 Å². The largest absolute Gasteiger partial charge is 0.497 e. The van der Waals surface area contributed by atoms with Gasteiger partial charge < -0.3 is 19.7 Å². The molecule has 4 rings (SSSR count). The van der Waals surface area contributed by atoms with Crippen LogP contribution in [0.15, 0.2) is 77.7 Å². The van der Waals surface area contributed by atoms with Crippen molar-refractivity contribution in [2.45, 2.75) is 69.5 Å². The molecular weight excluding hydrogens is 566 g/mol. The highest BCUT2D eigenvalue weighted by molar-refractivity contribution is 7.92. The lowest BCUT2D eigenvalue weighted by Crippen LogP contribution is -2.53. The number of sulfonamides is 1. The van der Waals surface area contributed by atoms with Gasteiger partial charge >= 0.3 is 0 Å². The molecule has 3 aromatic carbocycles. The summed E-state index contributed by atoms with van der Waals surface area (Å²) in [5.41, 5.74) is 1.94. The Kier molecular flexibility index (Phi) is 10.7. The van der Waals surface area contributed by atoms with Crippen LogP contribution in [0, 0.1) is 6.92 Å². The van der Waals surface area contributed by atoms with Crippen molar-refractivity contribution in [3.63, 3.8) is 0 Å². The van der Waals surface area contributed by atoms with E-state index in [-0.39, 0.29) is 29.1 Å². The Hall–Kier alpha value is -4.05. The maximum atomic E-state index is 14.3. The van der Waals surface area contributed by atoms with Gasteiger partial charge in [0.2, 0.25) is 11.8 Å². The average molecular weight is 608 g/mol. The number of hydrogen-bond donors (Lipinski definition) is 1. The minimum Gasteiger partial charge on any atom is -0.497 e. The molecule has 0 spiro atoms. The number of anilines is 1. The van der Waals surface area contributed by atoms with Crippen LogP contribution in [0.1, 0.15) is 50.2 Å². The average Bonchev–Trinajstić information content (AvgIpc) is 3.53. The van der Waals surface area contributed by atoms with Gasteiger partial charge in [0.05, 0.1) is 24.8 Å². The van der Waals surface area contributed by atoms with E-state index in [4.69, 9.17) is 9.47 Å². The highest BCUT2D eigenvalue weighted by Crippen LogP contribution is 2.28. The fraction of sp³-hybridized carbons (Fsp3) is 0.394. The second kappa shape index (κ2) is 14.4. The fourth-order valence-electron chi connectivity index (χ4n) is 5.39. The second-order valence-electron chi connectivity index (χ2n) is 10.8. The number of amides is 2. The van der Waals surface area contributed by atoms with Crippen molar-refractivity contribution in [2.24, 2.45) is 0 Å². The van der Waals surface area contributed by atoms with Gasteiger partial charge in [-0.2, -0.15) is 0 Å². The number of hydrogen-bond acceptors (Lipinski definition) is 6. The number of benzene rings is 3. The number of carbonyl (C=O) groups excluding carboxylic acids is 2. The molecule has 1 N–H and O–H groups in total. The van der Waals surface area contributed by atoms with Crippen LogP contribution >= 0.6 is 0 Å². The normalized spacial score (nSPS) is 14.1. The monoisotopic (exact) mass is 607 g/mol. The first kappa shape index (κ1) is 31.9. The molecule has 3 aromatic rings. The molecule has 1 saturated carbocycles. The lowest BCUT2D eigenvalue weighted by molar-refractivity contribution is -0.140. The number of rotatable bonds is 13. The molecule has 2 amide bonds. The minimum atomic E-state index is -4.17. The fourth-order valence-corrected chi connectivity index (χ4v) is 6.79. The van der Waals surface area contributed by atoms with E-state index in [1.165, 1.54) is 24.1 Å². The Morgan fingerprint density at radius 1 is 0.930 bits per heavy atom. The van der Waals surface area contributed by atoms with Gasteiger partial charge in [0, 0.05) is 18.7 Å². The molecule has 1 atom stereocenters. The predicted molar refractivity (Wildman–Crippen MR) is 167 cm³/mol. The van der Waals surface area contributed by atoms with E-state index in [1.807, 2.05) is 32.0 Å². The molecule has 0 saturated heterocycles. The molecule has 230 valence electrons. The Balaban J connectivity index is 1.73. The highest BCUT2D eigenvalue weighted by atomic mass is 32.2. The molecule has 0 bridgehead atoms. The van der Waals surface area contributed by atoms with E-state index < -0.39 is 28.5 Å². The smallest absolute Gasteiger partial charge is 0.264 e. The zero-order valence-corrected chi connectivity index (χ0v) is 26.1. The first-order valence-corrected chi connectivity index (χ1v) is 16.1. The molecule has 1 fully saturated rings. The standard InChI is InChI=1S/C33H41N3O6S/c1-5-31(33(38)34-26-11-6-7-12-26)35(22-25-10-8-14-28(20-25)41-3)32(37)23-36(27-13-9-15-29(21-27)42-4)43(39,40)30-18-16-24(2)17-19-30/h8-10,13-21,26,31H,5-7,11-12,22-23H2,1-4H3,(H,34,38)/t31-/m1/s1. The maximum Gasteiger partial charge on any atom is 0.264 e. The summed E-state index contributed by atoms with van der Waals surface area (Å²) in [6, 6.07) is 19.6. The zero-order valence-electron chi connectivity index (χ0n) is 25.3. The minimum absolute atomic E-state index is 0.0547. The molecule has 1 aliphatic rings. The van der Waals surface area contributed by atoms with Crippen LogP contribution in [0.5, 0.6) is 11.5 Å². The van der Waals surface area contributed by atoms with Crippen molar-refractivity contribution in [3.8, 4) is 11.5 Å². The van der Waals surface area contributed by atoms with Gasteiger partial charge in [-0.1, -0.05) is 55.7 Å². The molecule has 43 heavy (non-hydrogen) atoms. The van der Waals surface area contributed by atoms with Crippen LogP contribution in [0.3, 0.4) is 0 Å². The van der Waals surface area contributed by atoms with Gasteiger partial charge in [-0.05, 0) is 68.1 Å². The van der Waals surface area contributed by atoms with Crippen LogP contribution < -0.4 is 19.1 Å². The first-order valence-electron chi connectivity index (χ1n) is 14.6. The third-order valence-electron chi connectivity index (χ3n) is 7.80. The van der Waals surface area contributed by atoms with Crippen LogP contribution in [0.4, 0.5) is 5.69 Å². The van der Waals surface area contributed by atoms with Crippen molar-refractivity contribution in [1.29, 1.82) is 0 Å². The number of carbonyl (C=O) groups is 2. The van der Waals surface area contributed by atoms with Crippen LogP contribution in [-0.4, -0.2) is 58.0 Å². The molecule has 9 nitrogen and oxygen atoms in total. The Morgan fingerprint density at radius 2 is 1.56 bits per heavy atom. The van der Waals surface area contributed by atoms with E-state index >= 15 is 0 Å². The van der Waals surface area contributed by atoms with E-state index in [0.29, 0.717) is 17.9 Å². The number of methoxy groups -OCH3 is 2. The number of ether oxygens (including phenoxy) is 2. The van der Waals surface area contributed by atoms with Gasteiger partial charge in [-0.3, -0.25) is 13.9 Å². The Labute approximate surface area is 254 Å². The molecule has 1 aliphatic carbocycles. The zero-order chi connectivity index (χ0) is 31.0. The molecule has 0 radical (unpaired) electrons. The summed E-state index contributed by atoms with van der Waals surface area (Å²) in [7, 11) is -1.11. The molecule has 0 aromatic heterocycles. The number of nitrogens with zero attached hydrogens (tertiary/aromatic N) is 2. The summed E-state index contributed by atoms with van der Waals surface area (Å²) in [6.07, 6.45) is 4.29. The van der Waals surface area contributed by atoms with E-state index in [0.717, 1.165) is 41.1 Å². The molecule has 0 unspecified atom stereocenters. The van der Waals surface area contributed by atoms with E-state index in [2.05, 4.69) is 5.32 Å². The van der Waals surface area contributed by atoms with E-state index in [1.54, 1.807) is 49.6 Å². The molecule has 0 aliphatic heterocycles. The van der Waals surface area contributed by atoms with E-state index in [9.17, 15) is 18.0 Å². The summed E-state index contributed by atoms with van der Waals surface area (Å²) in [5, 5.41) is 3.13. The SMILES string of the molecule is CC[C@H](C(=O)NC1CCCC1)N(Cc1cccc(OC)c1)C(=O)CN(c1cccc(OC)c1)S(=O)(=O)c1ccc(C)cc1. The Morgan fingerprint density at radius 3 is 2.19 bits per heavy atom. The first-order chi connectivity index (χ1) is 20.7. The Bertz CT molecular complexity index is 1500. The molecular formula is C33H41N3O6S. The summed E-state index contributed by atoms with van der Waals surface area (Å²) < 4.78 is 40.0. The third kappa shape index (κ3) is 7.87. The van der Waals surface area contributed by atoms with Crippen molar-refractivity contribution in [1.82, 2.24) is 10.2 Å².